The molecule has 0 spiro atoms. The summed E-state index contributed by atoms with van der Waals surface area (Å²) in [6.07, 6.45) is 0. The van der Waals surface area contributed by atoms with Crippen LogP contribution in [0.1, 0.15) is 11.7 Å². The standard InChI is InChI=1S/C7H11N3O3S/c1-4-9-6(10-13-4)3-14-2-5(8)7(11)12/h5H,2-3,8H2,1H3,(H,11,12). The van der Waals surface area contributed by atoms with Crippen molar-refractivity contribution in [3.05, 3.63) is 11.7 Å². The van der Waals surface area contributed by atoms with Gasteiger partial charge in [-0.25, -0.2) is 0 Å². The summed E-state index contributed by atoms with van der Waals surface area (Å²) in [5.41, 5.74) is 5.30. The summed E-state index contributed by atoms with van der Waals surface area (Å²) in [6.45, 7) is 1.70. The molecule has 0 saturated carbocycles. The first kappa shape index (κ1) is 11.0. The Labute approximate surface area is 84.9 Å². The van der Waals surface area contributed by atoms with E-state index >= 15 is 0 Å². The van der Waals surface area contributed by atoms with Crippen molar-refractivity contribution in [3.8, 4) is 0 Å². The SMILES string of the molecule is Cc1nc(CSCC(N)C(=O)O)no1. The topological polar surface area (TPSA) is 102 Å². The van der Waals surface area contributed by atoms with Gasteiger partial charge in [-0.1, -0.05) is 5.16 Å². The van der Waals surface area contributed by atoms with E-state index in [0.29, 0.717) is 23.2 Å². The van der Waals surface area contributed by atoms with Gasteiger partial charge in [-0.05, 0) is 0 Å². The van der Waals surface area contributed by atoms with Crippen LogP contribution in [0.5, 0.6) is 0 Å². The molecule has 0 radical (unpaired) electrons. The molecule has 1 atom stereocenters. The van der Waals surface area contributed by atoms with Crippen LogP contribution in [0, 0.1) is 6.92 Å². The highest BCUT2D eigenvalue weighted by atomic mass is 32.2. The highest BCUT2D eigenvalue weighted by molar-refractivity contribution is 7.98. The number of carboxylic acids is 1. The van der Waals surface area contributed by atoms with Crippen molar-refractivity contribution >= 4 is 17.7 Å². The van der Waals surface area contributed by atoms with Gasteiger partial charge < -0.3 is 15.4 Å². The van der Waals surface area contributed by atoms with Crippen LogP contribution in [0.15, 0.2) is 4.52 Å². The predicted octanol–water partition coefficient (Wildman–Crippen LogP) is 0.0231. The summed E-state index contributed by atoms with van der Waals surface area (Å²) in [5.74, 6) is 0.913. The van der Waals surface area contributed by atoms with E-state index in [4.69, 9.17) is 15.4 Å². The highest BCUT2D eigenvalue weighted by Gasteiger charge is 2.11. The molecule has 1 aromatic rings. The van der Waals surface area contributed by atoms with Gasteiger partial charge >= 0.3 is 5.97 Å². The summed E-state index contributed by atoms with van der Waals surface area (Å²) < 4.78 is 4.75. The number of hydrogen-bond donors (Lipinski definition) is 2. The van der Waals surface area contributed by atoms with Crippen molar-refractivity contribution in [1.82, 2.24) is 10.1 Å². The van der Waals surface area contributed by atoms with Gasteiger partial charge in [0.1, 0.15) is 6.04 Å². The van der Waals surface area contributed by atoms with Crippen molar-refractivity contribution in [2.75, 3.05) is 5.75 Å². The second-order valence-electron chi connectivity index (χ2n) is 2.69. The summed E-state index contributed by atoms with van der Waals surface area (Å²) in [4.78, 5) is 14.3. The Balaban J connectivity index is 2.25. The fraction of sp³-hybridized carbons (Fsp3) is 0.571. The lowest BCUT2D eigenvalue weighted by Crippen LogP contribution is -2.32. The minimum Gasteiger partial charge on any atom is -0.480 e. The van der Waals surface area contributed by atoms with Crippen molar-refractivity contribution in [3.63, 3.8) is 0 Å². The first-order valence-electron chi connectivity index (χ1n) is 3.95. The molecular weight excluding hydrogens is 206 g/mol. The molecule has 6 nitrogen and oxygen atoms in total. The molecule has 14 heavy (non-hydrogen) atoms. The van der Waals surface area contributed by atoms with Crippen molar-refractivity contribution < 1.29 is 14.4 Å². The van der Waals surface area contributed by atoms with Gasteiger partial charge in [-0.3, -0.25) is 4.79 Å². The first-order valence-corrected chi connectivity index (χ1v) is 5.10. The monoisotopic (exact) mass is 217 g/mol. The van der Waals surface area contributed by atoms with E-state index in [1.54, 1.807) is 6.92 Å². The second-order valence-corrected chi connectivity index (χ2v) is 3.72. The van der Waals surface area contributed by atoms with Gasteiger partial charge in [0.25, 0.3) is 0 Å². The molecule has 0 bridgehead atoms. The van der Waals surface area contributed by atoms with Gasteiger partial charge in [0, 0.05) is 12.7 Å². The zero-order chi connectivity index (χ0) is 10.6. The fourth-order valence-electron chi connectivity index (χ4n) is 0.748. The third-order valence-corrected chi connectivity index (χ3v) is 2.47. The van der Waals surface area contributed by atoms with Crippen LogP contribution < -0.4 is 5.73 Å². The molecule has 1 heterocycles. The smallest absolute Gasteiger partial charge is 0.321 e. The quantitative estimate of drug-likeness (QED) is 0.716. The molecule has 1 rings (SSSR count). The van der Waals surface area contributed by atoms with E-state index in [2.05, 4.69) is 10.1 Å². The Morgan fingerprint density at radius 1 is 1.79 bits per heavy atom. The Bertz CT molecular complexity index is 315. The Morgan fingerprint density at radius 2 is 2.50 bits per heavy atom. The maximum absolute atomic E-state index is 10.4. The van der Waals surface area contributed by atoms with E-state index in [9.17, 15) is 4.79 Å². The number of aliphatic carboxylic acids is 1. The maximum atomic E-state index is 10.4. The van der Waals surface area contributed by atoms with Crippen LogP contribution in [-0.4, -0.2) is 33.0 Å². The van der Waals surface area contributed by atoms with Crippen LogP contribution in [0.25, 0.3) is 0 Å². The molecule has 78 valence electrons. The van der Waals surface area contributed by atoms with Crippen LogP contribution in [0.4, 0.5) is 0 Å². The Morgan fingerprint density at radius 3 is 3.00 bits per heavy atom. The van der Waals surface area contributed by atoms with Crippen molar-refractivity contribution in [2.24, 2.45) is 5.73 Å². The van der Waals surface area contributed by atoms with Gasteiger partial charge in [0.2, 0.25) is 5.89 Å². The molecule has 0 saturated heterocycles. The third kappa shape index (κ3) is 3.35. The lowest BCUT2D eigenvalue weighted by molar-refractivity contribution is -0.137. The molecule has 0 aliphatic rings. The summed E-state index contributed by atoms with van der Waals surface area (Å²) >= 11 is 1.37. The molecule has 0 aliphatic heterocycles. The van der Waals surface area contributed by atoms with Gasteiger partial charge in [0.05, 0.1) is 5.75 Å². The van der Waals surface area contributed by atoms with E-state index in [1.807, 2.05) is 0 Å². The van der Waals surface area contributed by atoms with Crippen LogP contribution in [0.3, 0.4) is 0 Å². The molecular formula is C7H11N3O3S. The van der Waals surface area contributed by atoms with E-state index in [1.165, 1.54) is 11.8 Å². The largest absolute Gasteiger partial charge is 0.480 e. The predicted molar refractivity (Wildman–Crippen MR) is 50.8 cm³/mol. The fourth-order valence-corrected chi connectivity index (χ4v) is 1.56. The van der Waals surface area contributed by atoms with Crippen molar-refractivity contribution in [1.29, 1.82) is 0 Å². The number of rotatable bonds is 5. The summed E-state index contributed by atoms with van der Waals surface area (Å²) in [6, 6.07) is -0.840. The highest BCUT2D eigenvalue weighted by Crippen LogP contribution is 2.09. The van der Waals surface area contributed by atoms with Crippen molar-refractivity contribution in [2.45, 2.75) is 18.7 Å². The van der Waals surface area contributed by atoms with Crippen LogP contribution >= 0.6 is 11.8 Å². The number of carboxylic acid groups (broad SMARTS) is 1. The van der Waals surface area contributed by atoms with E-state index in [0.717, 1.165) is 0 Å². The zero-order valence-electron chi connectivity index (χ0n) is 7.64. The molecule has 0 aromatic carbocycles. The zero-order valence-corrected chi connectivity index (χ0v) is 8.45. The number of nitrogens with two attached hydrogens (primary N) is 1. The number of hydrogen-bond acceptors (Lipinski definition) is 6. The maximum Gasteiger partial charge on any atom is 0.321 e. The van der Waals surface area contributed by atoms with Gasteiger partial charge in [-0.15, -0.1) is 0 Å². The first-order chi connectivity index (χ1) is 6.59. The van der Waals surface area contributed by atoms with Gasteiger partial charge in [-0.2, -0.15) is 16.7 Å². The Hall–Kier alpha value is -1.08. The van der Waals surface area contributed by atoms with E-state index in [-0.39, 0.29) is 0 Å². The summed E-state index contributed by atoms with van der Waals surface area (Å²) in [7, 11) is 0. The van der Waals surface area contributed by atoms with Gasteiger partial charge in [0.15, 0.2) is 5.82 Å². The number of thioether (sulfide) groups is 1. The minimum atomic E-state index is -0.998. The number of aryl methyl sites for hydroxylation is 1. The number of aromatic nitrogens is 2. The minimum absolute atomic E-state index is 0.336. The Kier molecular flexibility index (Phi) is 3.90. The molecule has 0 aliphatic carbocycles. The van der Waals surface area contributed by atoms with Crippen LogP contribution in [0.2, 0.25) is 0 Å². The molecule has 1 unspecified atom stereocenters. The molecule has 0 fully saturated rings. The molecule has 7 heteroatoms. The average Bonchev–Trinajstić information content (AvgIpc) is 2.51. The lowest BCUT2D eigenvalue weighted by atomic mass is 10.4. The lowest BCUT2D eigenvalue weighted by Gasteiger charge is -2.03. The second kappa shape index (κ2) is 4.97. The number of nitrogens with zero attached hydrogens (tertiary/aromatic N) is 2. The van der Waals surface area contributed by atoms with Crippen LogP contribution in [-0.2, 0) is 10.5 Å². The number of carbonyl (C=O) groups is 1. The normalized spacial score (nSPS) is 12.7. The van der Waals surface area contributed by atoms with E-state index < -0.39 is 12.0 Å². The molecule has 1 aromatic heterocycles. The average molecular weight is 217 g/mol. The third-order valence-electron chi connectivity index (χ3n) is 1.42. The molecule has 0 amide bonds. The summed E-state index contributed by atoms with van der Waals surface area (Å²) in [5, 5.41) is 12.2. The molecule has 3 N–H and O–H groups in total.